The molecule has 124 valence electrons. The predicted molar refractivity (Wildman–Crippen MR) is 91.9 cm³/mol. The second-order valence-electron chi connectivity index (χ2n) is 5.86. The fourth-order valence-electron chi connectivity index (χ4n) is 2.85. The van der Waals surface area contributed by atoms with E-state index in [4.69, 9.17) is 4.74 Å². The van der Waals surface area contributed by atoms with E-state index in [1.807, 2.05) is 36.2 Å². The van der Waals surface area contributed by atoms with Gasteiger partial charge in [-0.2, -0.15) is 0 Å². The van der Waals surface area contributed by atoms with Gasteiger partial charge in [0, 0.05) is 19.5 Å². The van der Waals surface area contributed by atoms with Gasteiger partial charge in [-0.25, -0.2) is 0 Å². The molecule has 0 spiro atoms. The maximum atomic E-state index is 12.4. The molecule has 0 radical (unpaired) electrons. The second-order valence-corrected chi connectivity index (χ2v) is 5.86. The van der Waals surface area contributed by atoms with E-state index < -0.39 is 0 Å². The third-order valence-electron chi connectivity index (χ3n) is 4.42. The number of nitrogens with zero attached hydrogens (tertiary/aromatic N) is 1. The molecule has 0 aromatic heterocycles. The Kier molecular flexibility index (Phi) is 7.69. The van der Waals surface area contributed by atoms with E-state index in [2.05, 4.69) is 12.2 Å². The molecule has 1 aromatic carbocycles. The number of nitrogens with one attached hydrogen (secondary N) is 1. The van der Waals surface area contributed by atoms with Gasteiger partial charge in [0.15, 0.2) is 0 Å². The van der Waals surface area contributed by atoms with E-state index in [9.17, 15) is 4.79 Å². The lowest BCUT2D eigenvalue weighted by molar-refractivity contribution is -0.132. The van der Waals surface area contributed by atoms with Crippen LogP contribution in [0.2, 0.25) is 0 Å². The van der Waals surface area contributed by atoms with Gasteiger partial charge in [0.25, 0.3) is 0 Å². The zero-order valence-electron chi connectivity index (χ0n) is 13.7. The number of hydrogen-bond acceptors (Lipinski definition) is 3. The van der Waals surface area contributed by atoms with Crippen molar-refractivity contribution in [3.63, 3.8) is 0 Å². The first-order valence-electron chi connectivity index (χ1n) is 7.72. The lowest BCUT2D eigenvalue weighted by atomic mass is 9.96. The molecule has 0 bridgehead atoms. The molecule has 1 aliphatic heterocycles. The molecule has 1 amide bonds. The summed E-state index contributed by atoms with van der Waals surface area (Å²) in [5.41, 5.74) is 1.18. The van der Waals surface area contributed by atoms with Crippen LogP contribution in [0, 0.1) is 0 Å². The minimum absolute atomic E-state index is 0. The third kappa shape index (κ3) is 4.89. The molecule has 5 heteroatoms. The van der Waals surface area contributed by atoms with Gasteiger partial charge in [-0.1, -0.05) is 19.1 Å². The standard InChI is InChI=1S/C17H26N2O2.ClH/c1-13(14-4-6-16(21-3)7-5-14)12-17(20)19(2)15-8-10-18-11-9-15;/h4-7,13,15,18H,8-12H2,1-3H3;1H. The average molecular weight is 327 g/mol. The molecule has 1 unspecified atom stereocenters. The van der Waals surface area contributed by atoms with Crippen molar-refractivity contribution in [3.05, 3.63) is 29.8 Å². The van der Waals surface area contributed by atoms with Crippen LogP contribution in [0.4, 0.5) is 0 Å². The van der Waals surface area contributed by atoms with Crippen LogP contribution in [0.15, 0.2) is 24.3 Å². The van der Waals surface area contributed by atoms with Gasteiger partial charge < -0.3 is 15.0 Å². The van der Waals surface area contributed by atoms with E-state index in [0.717, 1.165) is 31.7 Å². The fraction of sp³-hybridized carbons (Fsp3) is 0.588. The fourth-order valence-corrected chi connectivity index (χ4v) is 2.85. The van der Waals surface area contributed by atoms with E-state index in [1.54, 1.807) is 7.11 Å². The Hall–Kier alpha value is -1.26. The minimum Gasteiger partial charge on any atom is -0.497 e. The van der Waals surface area contributed by atoms with Crippen LogP contribution in [-0.2, 0) is 4.79 Å². The van der Waals surface area contributed by atoms with Gasteiger partial charge in [0.05, 0.1) is 7.11 Å². The number of methoxy groups -OCH3 is 1. The molecule has 1 heterocycles. The lowest BCUT2D eigenvalue weighted by Crippen LogP contribution is -2.44. The summed E-state index contributed by atoms with van der Waals surface area (Å²) < 4.78 is 5.17. The number of carbonyl (C=O) groups is 1. The number of piperidine rings is 1. The summed E-state index contributed by atoms with van der Waals surface area (Å²) in [6.07, 6.45) is 2.67. The highest BCUT2D eigenvalue weighted by atomic mass is 35.5. The van der Waals surface area contributed by atoms with Crippen molar-refractivity contribution in [1.82, 2.24) is 10.2 Å². The number of halogens is 1. The van der Waals surface area contributed by atoms with Crippen molar-refractivity contribution < 1.29 is 9.53 Å². The smallest absolute Gasteiger partial charge is 0.223 e. The zero-order valence-corrected chi connectivity index (χ0v) is 14.5. The summed E-state index contributed by atoms with van der Waals surface area (Å²) >= 11 is 0. The Morgan fingerprint density at radius 2 is 1.91 bits per heavy atom. The van der Waals surface area contributed by atoms with Gasteiger partial charge >= 0.3 is 0 Å². The molecule has 0 saturated carbocycles. The summed E-state index contributed by atoms with van der Waals surface area (Å²) in [6, 6.07) is 8.38. The number of carbonyl (C=O) groups excluding carboxylic acids is 1. The van der Waals surface area contributed by atoms with Crippen LogP contribution in [0.3, 0.4) is 0 Å². The van der Waals surface area contributed by atoms with Crippen LogP contribution in [0.1, 0.15) is 37.7 Å². The molecular weight excluding hydrogens is 300 g/mol. The maximum absolute atomic E-state index is 12.4. The highest BCUT2D eigenvalue weighted by Gasteiger charge is 2.23. The molecule has 2 rings (SSSR count). The quantitative estimate of drug-likeness (QED) is 0.904. The maximum Gasteiger partial charge on any atom is 0.223 e. The van der Waals surface area contributed by atoms with E-state index in [-0.39, 0.29) is 24.2 Å². The Morgan fingerprint density at radius 3 is 2.45 bits per heavy atom. The number of rotatable bonds is 5. The van der Waals surface area contributed by atoms with Gasteiger partial charge in [-0.15, -0.1) is 12.4 Å². The molecular formula is C17H27ClN2O2. The summed E-state index contributed by atoms with van der Waals surface area (Å²) in [6.45, 7) is 4.13. The average Bonchev–Trinajstić information content (AvgIpc) is 2.55. The van der Waals surface area contributed by atoms with Gasteiger partial charge in [-0.05, 0) is 49.5 Å². The molecule has 4 nitrogen and oxygen atoms in total. The van der Waals surface area contributed by atoms with Crippen LogP contribution in [0.25, 0.3) is 0 Å². The molecule has 1 fully saturated rings. The van der Waals surface area contributed by atoms with Gasteiger partial charge in [-0.3, -0.25) is 4.79 Å². The SMILES string of the molecule is COc1ccc(C(C)CC(=O)N(C)C2CCNCC2)cc1.Cl. The Balaban J connectivity index is 0.00000242. The first kappa shape index (κ1) is 18.8. The Morgan fingerprint density at radius 1 is 1.32 bits per heavy atom. The molecule has 22 heavy (non-hydrogen) atoms. The summed E-state index contributed by atoms with van der Waals surface area (Å²) in [5.74, 6) is 1.32. The van der Waals surface area contributed by atoms with E-state index >= 15 is 0 Å². The molecule has 1 aromatic rings. The van der Waals surface area contributed by atoms with Crippen molar-refractivity contribution >= 4 is 18.3 Å². The molecule has 1 atom stereocenters. The largest absolute Gasteiger partial charge is 0.497 e. The molecule has 1 aliphatic rings. The number of amides is 1. The lowest BCUT2D eigenvalue weighted by Gasteiger charge is -2.32. The predicted octanol–water partition coefficient (Wildman–Crippen LogP) is 2.82. The zero-order chi connectivity index (χ0) is 15.2. The normalized spacial score (nSPS) is 16.5. The number of benzene rings is 1. The van der Waals surface area contributed by atoms with Crippen molar-refractivity contribution in [2.75, 3.05) is 27.2 Å². The number of hydrogen-bond donors (Lipinski definition) is 1. The van der Waals surface area contributed by atoms with Crippen LogP contribution in [0.5, 0.6) is 5.75 Å². The van der Waals surface area contributed by atoms with Gasteiger partial charge in [0.1, 0.15) is 5.75 Å². The van der Waals surface area contributed by atoms with Gasteiger partial charge in [0.2, 0.25) is 5.91 Å². The minimum atomic E-state index is 0. The first-order valence-corrected chi connectivity index (χ1v) is 7.72. The van der Waals surface area contributed by atoms with Crippen LogP contribution in [-0.4, -0.2) is 44.1 Å². The first-order chi connectivity index (χ1) is 10.1. The molecule has 1 N–H and O–H groups in total. The van der Waals surface area contributed by atoms with Crippen LogP contribution >= 0.6 is 12.4 Å². The molecule has 0 aliphatic carbocycles. The van der Waals surface area contributed by atoms with Crippen molar-refractivity contribution in [2.24, 2.45) is 0 Å². The van der Waals surface area contributed by atoms with Crippen molar-refractivity contribution in [1.29, 1.82) is 0 Å². The highest BCUT2D eigenvalue weighted by Crippen LogP contribution is 2.23. The third-order valence-corrected chi connectivity index (χ3v) is 4.42. The van der Waals surface area contributed by atoms with E-state index in [0.29, 0.717) is 12.5 Å². The Bertz CT molecular complexity index is 458. The summed E-state index contributed by atoms with van der Waals surface area (Å²) in [7, 11) is 3.61. The van der Waals surface area contributed by atoms with Crippen LogP contribution < -0.4 is 10.1 Å². The summed E-state index contributed by atoms with van der Waals surface area (Å²) in [4.78, 5) is 14.4. The second kappa shape index (κ2) is 9.01. The van der Waals surface area contributed by atoms with Crippen molar-refractivity contribution in [3.8, 4) is 5.75 Å². The summed E-state index contributed by atoms with van der Waals surface area (Å²) in [5, 5.41) is 3.34. The topological polar surface area (TPSA) is 41.6 Å². The van der Waals surface area contributed by atoms with E-state index in [1.165, 1.54) is 5.56 Å². The number of ether oxygens (including phenoxy) is 1. The highest BCUT2D eigenvalue weighted by molar-refractivity contribution is 5.85. The monoisotopic (exact) mass is 326 g/mol. The Labute approximate surface area is 139 Å². The molecule has 1 saturated heterocycles. The van der Waals surface area contributed by atoms with Crippen molar-refractivity contribution in [2.45, 2.75) is 38.1 Å².